The molecule has 0 aliphatic carbocycles. The van der Waals surface area contributed by atoms with E-state index in [0.717, 1.165) is 27.4 Å². The number of nitriles is 1. The molecule has 0 saturated carbocycles. The number of benzene rings is 1. The number of nitrogens with zero attached hydrogens (tertiary/aromatic N) is 5. The second kappa shape index (κ2) is 8.50. The second-order valence-electron chi connectivity index (χ2n) is 7.45. The Hall–Kier alpha value is -3.21. The van der Waals surface area contributed by atoms with Crippen LogP contribution < -0.4 is 5.56 Å². The Kier molecular flexibility index (Phi) is 5.77. The van der Waals surface area contributed by atoms with Crippen LogP contribution in [0.3, 0.4) is 0 Å². The highest BCUT2D eigenvalue weighted by molar-refractivity contribution is 7.16. The summed E-state index contributed by atoms with van der Waals surface area (Å²) in [5.41, 5.74) is 4.60. The molecule has 1 aromatic carbocycles. The highest BCUT2D eigenvalue weighted by Gasteiger charge is 2.17. The van der Waals surface area contributed by atoms with Crippen molar-refractivity contribution in [3.8, 4) is 11.8 Å². The SMILES string of the molecule is Cc1cn(-c2ccc(Cc3cc(C#N)nn([C@@H](C)c4ccc(Cl)s4)c3=O)cc2C)cn1. The molecule has 0 bridgehead atoms. The minimum absolute atomic E-state index is 0.206. The van der Waals surface area contributed by atoms with Crippen molar-refractivity contribution < 1.29 is 0 Å². The molecule has 8 heteroatoms. The zero-order valence-electron chi connectivity index (χ0n) is 17.3. The summed E-state index contributed by atoms with van der Waals surface area (Å²) in [5, 5.41) is 13.7. The Labute approximate surface area is 189 Å². The van der Waals surface area contributed by atoms with Crippen LogP contribution in [-0.2, 0) is 6.42 Å². The first-order chi connectivity index (χ1) is 14.9. The maximum atomic E-state index is 13.2. The summed E-state index contributed by atoms with van der Waals surface area (Å²) >= 11 is 7.46. The number of imidazole rings is 1. The van der Waals surface area contributed by atoms with Crippen LogP contribution in [0.5, 0.6) is 0 Å². The highest BCUT2D eigenvalue weighted by atomic mass is 35.5. The quantitative estimate of drug-likeness (QED) is 0.437. The van der Waals surface area contributed by atoms with Gasteiger partial charge in [-0.15, -0.1) is 11.3 Å². The van der Waals surface area contributed by atoms with E-state index in [4.69, 9.17) is 11.6 Å². The predicted molar refractivity (Wildman–Crippen MR) is 122 cm³/mol. The third-order valence-corrected chi connectivity index (χ3v) is 6.54. The van der Waals surface area contributed by atoms with E-state index in [-0.39, 0.29) is 17.3 Å². The van der Waals surface area contributed by atoms with E-state index in [1.807, 2.05) is 49.7 Å². The average molecular weight is 450 g/mol. The van der Waals surface area contributed by atoms with E-state index < -0.39 is 0 Å². The molecule has 0 saturated heterocycles. The lowest BCUT2D eigenvalue weighted by atomic mass is 10.0. The highest BCUT2D eigenvalue weighted by Crippen LogP contribution is 2.28. The van der Waals surface area contributed by atoms with Gasteiger partial charge in [0.1, 0.15) is 6.07 Å². The summed E-state index contributed by atoms with van der Waals surface area (Å²) < 4.78 is 4.01. The number of aryl methyl sites for hydroxylation is 2. The molecule has 156 valence electrons. The van der Waals surface area contributed by atoms with Gasteiger partial charge in [0.05, 0.1) is 22.4 Å². The van der Waals surface area contributed by atoms with Crippen LogP contribution in [0.25, 0.3) is 5.69 Å². The summed E-state index contributed by atoms with van der Waals surface area (Å²) in [7, 11) is 0. The Morgan fingerprint density at radius 1 is 1.23 bits per heavy atom. The molecule has 1 atom stereocenters. The summed E-state index contributed by atoms with van der Waals surface area (Å²) in [5.74, 6) is 0. The minimum atomic E-state index is -0.314. The molecule has 0 spiro atoms. The molecule has 0 N–H and O–H groups in total. The van der Waals surface area contributed by atoms with Crippen LogP contribution in [-0.4, -0.2) is 19.3 Å². The second-order valence-corrected chi connectivity index (χ2v) is 9.20. The lowest BCUT2D eigenvalue weighted by Crippen LogP contribution is -2.30. The third-order valence-electron chi connectivity index (χ3n) is 5.14. The van der Waals surface area contributed by atoms with Crippen molar-refractivity contribution in [3.63, 3.8) is 0 Å². The van der Waals surface area contributed by atoms with Crippen molar-refractivity contribution in [3.05, 3.63) is 96.6 Å². The zero-order chi connectivity index (χ0) is 22.1. The molecule has 4 rings (SSSR count). The fraction of sp³-hybridized carbons (Fsp3) is 0.217. The molecular weight excluding hydrogens is 430 g/mol. The largest absolute Gasteiger partial charge is 0.306 e. The van der Waals surface area contributed by atoms with Gasteiger partial charge in [0.2, 0.25) is 0 Å². The normalized spacial score (nSPS) is 12.0. The first-order valence-corrected chi connectivity index (χ1v) is 10.9. The average Bonchev–Trinajstić information content (AvgIpc) is 3.37. The van der Waals surface area contributed by atoms with Gasteiger partial charge < -0.3 is 4.57 Å². The minimum Gasteiger partial charge on any atom is -0.306 e. The number of rotatable bonds is 5. The summed E-state index contributed by atoms with van der Waals surface area (Å²) in [6.45, 7) is 5.86. The third kappa shape index (κ3) is 4.31. The van der Waals surface area contributed by atoms with E-state index in [2.05, 4.69) is 22.2 Å². The summed E-state index contributed by atoms with van der Waals surface area (Å²) in [4.78, 5) is 18.4. The Morgan fingerprint density at radius 2 is 2.03 bits per heavy atom. The van der Waals surface area contributed by atoms with E-state index in [9.17, 15) is 10.1 Å². The molecule has 6 nitrogen and oxygen atoms in total. The number of hydrogen-bond donors (Lipinski definition) is 0. The van der Waals surface area contributed by atoms with Crippen LogP contribution in [0.1, 0.15) is 45.9 Å². The molecule has 4 aromatic rings. The van der Waals surface area contributed by atoms with Gasteiger partial charge >= 0.3 is 0 Å². The van der Waals surface area contributed by atoms with Gasteiger partial charge in [0.15, 0.2) is 5.69 Å². The van der Waals surface area contributed by atoms with E-state index in [0.29, 0.717) is 16.3 Å². The molecular formula is C23H20ClN5OS. The lowest BCUT2D eigenvalue weighted by Gasteiger charge is -2.14. The van der Waals surface area contributed by atoms with Gasteiger partial charge in [0.25, 0.3) is 5.56 Å². The smallest absolute Gasteiger partial charge is 0.270 e. The van der Waals surface area contributed by atoms with Crippen molar-refractivity contribution >= 4 is 22.9 Å². The topological polar surface area (TPSA) is 76.5 Å². The monoisotopic (exact) mass is 449 g/mol. The number of thiophene rings is 1. The Balaban J connectivity index is 1.69. The molecule has 0 radical (unpaired) electrons. The van der Waals surface area contributed by atoms with Crippen LogP contribution in [0.2, 0.25) is 4.34 Å². The molecule has 0 fully saturated rings. The molecule has 3 heterocycles. The van der Waals surface area contributed by atoms with Crippen LogP contribution in [0, 0.1) is 25.2 Å². The number of halogens is 1. The van der Waals surface area contributed by atoms with Crippen LogP contribution in [0.4, 0.5) is 0 Å². The Bertz CT molecular complexity index is 1360. The molecule has 0 amide bonds. The van der Waals surface area contributed by atoms with Crippen molar-refractivity contribution in [1.29, 1.82) is 5.26 Å². The van der Waals surface area contributed by atoms with Gasteiger partial charge in [-0.1, -0.05) is 23.7 Å². The Morgan fingerprint density at radius 3 is 2.65 bits per heavy atom. The molecule has 0 unspecified atom stereocenters. The van der Waals surface area contributed by atoms with E-state index in [1.165, 1.54) is 16.0 Å². The van der Waals surface area contributed by atoms with Crippen molar-refractivity contribution in [1.82, 2.24) is 19.3 Å². The van der Waals surface area contributed by atoms with Crippen LogP contribution in [0.15, 0.2) is 53.7 Å². The fourth-order valence-corrected chi connectivity index (χ4v) is 4.67. The zero-order valence-corrected chi connectivity index (χ0v) is 18.9. The fourth-order valence-electron chi connectivity index (χ4n) is 3.57. The first-order valence-electron chi connectivity index (χ1n) is 9.74. The van der Waals surface area contributed by atoms with Crippen molar-refractivity contribution in [2.45, 2.75) is 33.2 Å². The number of hydrogen-bond acceptors (Lipinski definition) is 5. The summed E-state index contributed by atoms with van der Waals surface area (Å²) in [6.07, 6.45) is 4.18. The van der Waals surface area contributed by atoms with Gasteiger partial charge in [-0.3, -0.25) is 4.79 Å². The lowest BCUT2D eigenvalue weighted by molar-refractivity contribution is 0.531. The van der Waals surface area contributed by atoms with Gasteiger partial charge in [-0.25, -0.2) is 9.67 Å². The van der Waals surface area contributed by atoms with Gasteiger partial charge in [-0.2, -0.15) is 10.4 Å². The molecule has 31 heavy (non-hydrogen) atoms. The maximum absolute atomic E-state index is 13.2. The maximum Gasteiger partial charge on any atom is 0.270 e. The van der Waals surface area contributed by atoms with E-state index in [1.54, 1.807) is 18.5 Å². The number of aromatic nitrogens is 4. The molecule has 0 aliphatic heterocycles. The van der Waals surface area contributed by atoms with Crippen molar-refractivity contribution in [2.24, 2.45) is 0 Å². The van der Waals surface area contributed by atoms with Gasteiger partial charge in [-0.05, 0) is 56.2 Å². The van der Waals surface area contributed by atoms with Crippen molar-refractivity contribution in [2.75, 3.05) is 0 Å². The van der Waals surface area contributed by atoms with E-state index >= 15 is 0 Å². The molecule has 3 aromatic heterocycles. The standard InChI is InChI=1S/C23H20ClN5OS/c1-14-8-17(4-5-20(14)28-12-15(2)26-13-28)9-18-10-19(11-25)27-29(23(18)30)16(3)21-6-7-22(24)31-21/h4-8,10,12-13,16H,9H2,1-3H3/t16-/m0/s1. The molecule has 0 aliphatic rings. The predicted octanol–water partition coefficient (Wildman–Crippen LogP) is 4.83. The summed E-state index contributed by atoms with van der Waals surface area (Å²) in [6, 6.07) is 13.1. The first kappa shape index (κ1) is 21.0. The van der Waals surface area contributed by atoms with Gasteiger partial charge in [0, 0.05) is 28.7 Å². The van der Waals surface area contributed by atoms with Crippen LogP contribution >= 0.6 is 22.9 Å².